The van der Waals surface area contributed by atoms with Gasteiger partial charge in [-0.3, -0.25) is 4.79 Å². The fraction of sp³-hybridized carbons (Fsp3) is 0.500. The first-order valence-electron chi connectivity index (χ1n) is 8.17. The van der Waals surface area contributed by atoms with E-state index in [4.69, 9.17) is 4.74 Å². The van der Waals surface area contributed by atoms with E-state index >= 15 is 0 Å². The van der Waals surface area contributed by atoms with Gasteiger partial charge in [0.05, 0.1) is 6.61 Å². The van der Waals surface area contributed by atoms with Crippen LogP contribution in [0.5, 0.6) is 0 Å². The molecule has 2 aromatic rings. The molecule has 0 saturated carbocycles. The largest absolute Gasteiger partial charge is 0.449 e. The average molecular weight is 330 g/mol. The van der Waals surface area contributed by atoms with Gasteiger partial charge in [-0.2, -0.15) is 0 Å². The second-order valence-electron chi connectivity index (χ2n) is 6.15. The zero-order valence-electron chi connectivity index (χ0n) is 13.2. The highest BCUT2D eigenvalue weighted by atomic mass is 16.6. The van der Waals surface area contributed by atoms with E-state index < -0.39 is 0 Å². The molecule has 2 aliphatic heterocycles. The molecule has 2 amide bonds. The van der Waals surface area contributed by atoms with Crippen LogP contribution in [0.25, 0.3) is 11.0 Å². The number of cyclic esters (lactones) is 1. The van der Waals surface area contributed by atoms with Gasteiger partial charge >= 0.3 is 6.09 Å². The van der Waals surface area contributed by atoms with Crippen molar-refractivity contribution in [1.82, 2.24) is 20.1 Å². The summed E-state index contributed by atoms with van der Waals surface area (Å²) in [6.07, 6.45) is 2.19. The van der Waals surface area contributed by atoms with Crippen LogP contribution < -0.4 is 0 Å². The zero-order chi connectivity index (χ0) is 16.5. The normalized spacial score (nSPS) is 19.6. The highest BCUT2D eigenvalue weighted by Gasteiger charge is 2.32. The van der Waals surface area contributed by atoms with Gasteiger partial charge in [-0.1, -0.05) is 0 Å². The summed E-state index contributed by atoms with van der Waals surface area (Å²) < 4.78 is 9.77. The van der Waals surface area contributed by atoms with Crippen LogP contribution in [0.3, 0.4) is 0 Å². The van der Waals surface area contributed by atoms with E-state index in [1.54, 1.807) is 23.1 Å². The van der Waals surface area contributed by atoms with Crippen molar-refractivity contribution in [3.05, 3.63) is 23.8 Å². The third kappa shape index (κ3) is 2.68. The molecule has 24 heavy (non-hydrogen) atoms. The van der Waals surface area contributed by atoms with E-state index in [0.29, 0.717) is 36.3 Å². The van der Waals surface area contributed by atoms with Crippen molar-refractivity contribution in [3.63, 3.8) is 0 Å². The SMILES string of the molecule is O=C(c1ccc2nonc2c1)N1CCC(N2CCCOC2=O)CC1. The van der Waals surface area contributed by atoms with Crippen LogP contribution in [0.4, 0.5) is 4.79 Å². The van der Waals surface area contributed by atoms with Crippen molar-refractivity contribution in [3.8, 4) is 0 Å². The summed E-state index contributed by atoms with van der Waals surface area (Å²) in [7, 11) is 0. The number of amides is 2. The highest BCUT2D eigenvalue weighted by Crippen LogP contribution is 2.22. The maximum Gasteiger partial charge on any atom is 0.410 e. The Morgan fingerprint density at radius 2 is 1.92 bits per heavy atom. The number of carbonyl (C=O) groups is 2. The summed E-state index contributed by atoms with van der Waals surface area (Å²) in [6.45, 7) is 2.50. The van der Waals surface area contributed by atoms with Crippen molar-refractivity contribution in [2.75, 3.05) is 26.2 Å². The van der Waals surface area contributed by atoms with E-state index in [1.165, 1.54) is 0 Å². The summed E-state index contributed by atoms with van der Waals surface area (Å²) in [4.78, 5) is 28.1. The quantitative estimate of drug-likeness (QED) is 0.832. The van der Waals surface area contributed by atoms with Crippen molar-refractivity contribution >= 4 is 23.0 Å². The molecule has 0 atom stereocenters. The molecule has 0 spiro atoms. The lowest BCUT2D eigenvalue weighted by Gasteiger charge is -2.39. The van der Waals surface area contributed by atoms with Crippen LogP contribution in [-0.4, -0.2) is 64.4 Å². The second kappa shape index (κ2) is 6.10. The molecule has 126 valence electrons. The van der Waals surface area contributed by atoms with Gasteiger partial charge in [0.25, 0.3) is 5.91 Å². The van der Waals surface area contributed by atoms with Gasteiger partial charge in [-0.05, 0) is 47.8 Å². The van der Waals surface area contributed by atoms with Gasteiger partial charge < -0.3 is 14.5 Å². The predicted molar refractivity (Wildman–Crippen MR) is 83.4 cm³/mol. The lowest BCUT2D eigenvalue weighted by Crippen LogP contribution is -2.50. The number of nitrogens with zero attached hydrogens (tertiary/aromatic N) is 4. The topological polar surface area (TPSA) is 88.8 Å². The van der Waals surface area contributed by atoms with Crippen molar-refractivity contribution < 1.29 is 19.0 Å². The number of fused-ring (bicyclic) bond motifs is 1. The Bertz CT molecular complexity index is 766. The Kier molecular flexibility index (Phi) is 3.79. The molecule has 0 unspecified atom stereocenters. The number of likely N-dealkylation sites (tertiary alicyclic amines) is 1. The summed E-state index contributed by atoms with van der Waals surface area (Å²) >= 11 is 0. The van der Waals surface area contributed by atoms with Crippen molar-refractivity contribution in [2.45, 2.75) is 25.3 Å². The molecular formula is C16H18N4O4. The second-order valence-corrected chi connectivity index (χ2v) is 6.15. The molecule has 1 aromatic carbocycles. The number of carbonyl (C=O) groups excluding carboxylic acids is 2. The van der Waals surface area contributed by atoms with E-state index in [-0.39, 0.29) is 18.0 Å². The first-order valence-corrected chi connectivity index (χ1v) is 8.17. The standard InChI is InChI=1S/C16H18N4O4/c21-15(11-2-3-13-14(10-11)18-24-17-13)19-7-4-12(5-8-19)20-6-1-9-23-16(20)22/h2-3,10,12H,1,4-9H2. The summed E-state index contributed by atoms with van der Waals surface area (Å²) in [6, 6.07) is 5.32. The van der Waals surface area contributed by atoms with Gasteiger partial charge in [-0.25, -0.2) is 9.42 Å². The van der Waals surface area contributed by atoms with Gasteiger partial charge in [-0.15, -0.1) is 0 Å². The number of hydrogen-bond donors (Lipinski definition) is 0. The molecule has 0 aliphatic carbocycles. The van der Waals surface area contributed by atoms with Crippen molar-refractivity contribution in [2.24, 2.45) is 0 Å². The molecule has 2 aliphatic rings. The summed E-state index contributed by atoms with van der Waals surface area (Å²) in [5.74, 6) is -0.0282. The van der Waals surface area contributed by atoms with Crippen LogP contribution in [-0.2, 0) is 4.74 Å². The van der Waals surface area contributed by atoms with Gasteiger partial charge in [0, 0.05) is 31.2 Å². The molecule has 0 radical (unpaired) electrons. The smallest absolute Gasteiger partial charge is 0.410 e. The fourth-order valence-corrected chi connectivity index (χ4v) is 3.38. The third-order valence-electron chi connectivity index (χ3n) is 4.70. The fourth-order valence-electron chi connectivity index (χ4n) is 3.38. The van der Waals surface area contributed by atoms with Gasteiger partial charge in [0.2, 0.25) is 0 Å². The Morgan fingerprint density at radius 1 is 1.12 bits per heavy atom. The molecule has 3 heterocycles. The maximum atomic E-state index is 12.7. The maximum absolute atomic E-state index is 12.7. The van der Waals surface area contributed by atoms with Crippen LogP contribution in [0.15, 0.2) is 22.8 Å². The summed E-state index contributed by atoms with van der Waals surface area (Å²) in [5, 5.41) is 7.51. The number of piperidine rings is 1. The molecule has 8 nitrogen and oxygen atoms in total. The van der Waals surface area contributed by atoms with Gasteiger partial charge in [0.1, 0.15) is 11.0 Å². The lowest BCUT2D eigenvalue weighted by atomic mass is 10.0. The number of ether oxygens (including phenoxy) is 1. The zero-order valence-corrected chi connectivity index (χ0v) is 13.2. The van der Waals surface area contributed by atoms with E-state index in [0.717, 1.165) is 25.8 Å². The minimum Gasteiger partial charge on any atom is -0.449 e. The number of hydrogen-bond acceptors (Lipinski definition) is 6. The highest BCUT2D eigenvalue weighted by molar-refractivity contribution is 5.97. The van der Waals surface area contributed by atoms with Crippen LogP contribution >= 0.6 is 0 Å². The summed E-state index contributed by atoms with van der Waals surface area (Å²) in [5.41, 5.74) is 1.79. The minimum absolute atomic E-state index is 0.0282. The molecule has 0 bridgehead atoms. The van der Waals surface area contributed by atoms with Crippen LogP contribution in [0, 0.1) is 0 Å². The lowest BCUT2D eigenvalue weighted by molar-refractivity contribution is 0.0357. The Labute approximate surface area is 138 Å². The number of aromatic nitrogens is 2. The molecule has 1 aromatic heterocycles. The minimum atomic E-state index is -0.227. The molecular weight excluding hydrogens is 312 g/mol. The molecule has 4 rings (SSSR count). The Balaban J connectivity index is 1.41. The first kappa shape index (κ1) is 14.9. The molecule has 0 N–H and O–H groups in total. The number of rotatable bonds is 2. The van der Waals surface area contributed by atoms with Crippen LogP contribution in [0.2, 0.25) is 0 Å². The van der Waals surface area contributed by atoms with Gasteiger partial charge in [0.15, 0.2) is 0 Å². The molecule has 2 saturated heterocycles. The monoisotopic (exact) mass is 330 g/mol. The van der Waals surface area contributed by atoms with E-state index in [2.05, 4.69) is 14.9 Å². The predicted octanol–water partition coefficient (Wildman–Crippen LogP) is 1.67. The Morgan fingerprint density at radius 3 is 2.71 bits per heavy atom. The molecule has 2 fully saturated rings. The number of benzene rings is 1. The Hall–Kier alpha value is -2.64. The first-order chi connectivity index (χ1) is 11.7. The average Bonchev–Trinajstić information content (AvgIpc) is 3.09. The third-order valence-corrected chi connectivity index (χ3v) is 4.70. The molecule has 8 heteroatoms. The van der Waals surface area contributed by atoms with Crippen LogP contribution in [0.1, 0.15) is 29.6 Å². The van der Waals surface area contributed by atoms with Crippen molar-refractivity contribution in [1.29, 1.82) is 0 Å². The van der Waals surface area contributed by atoms with E-state index in [1.807, 2.05) is 4.90 Å². The van der Waals surface area contributed by atoms with E-state index in [9.17, 15) is 9.59 Å².